The third kappa shape index (κ3) is 6.41. The molecule has 0 aliphatic rings. The zero-order chi connectivity index (χ0) is 28.3. The molecule has 40 heavy (non-hydrogen) atoms. The Kier molecular flexibility index (Phi) is 8.30. The molecule has 8 heteroatoms. The van der Waals surface area contributed by atoms with Crippen LogP contribution in [0.5, 0.6) is 0 Å². The molecule has 0 saturated carbocycles. The summed E-state index contributed by atoms with van der Waals surface area (Å²) in [5.74, 6) is 0. The van der Waals surface area contributed by atoms with Gasteiger partial charge in [-0.15, -0.1) is 10.2 Å². The lowest BCUT2D eigenvalue weighted by molar-refractivity contribution is -2.00. The summed E-state index contributed by atoms with van der Waals surface area (Å²) in [6, 6.07) is 42.8. The fourth-order valence-electron chi connectivity index (χ4n) is 4.69. The topological polar surface area (TPSA) is 96.1 Å². The highest BCUT2D eigenvalue weighted by atomic mass is 35.7. The Morgan fingerprint density at radius 3 is 1.57 bits per heavy atom. The van der Waals surface area contributed by atoms with Gasteiger partial charge < -0.3 is 0 Å². The van der Waals surface area contributed by atoms with Gasteiger partial charge in [0.15, 0.2) is 0 Å². The van der Waals surface area contributed by atoms with Crippen molar-refractivity contribution in [2.45, 2.75) is 0 Å². The fourth-order valence-corrected chi connectivity index (χ4v) is 6.04. The SMILES string of the molecule is C[n+]1c(-c2c(-c3ccccc3)cc(-c3ccc(Cl)cc3)cc2-c2ccccc2)sc2ccccc21.[O-][Cl+3]([O-])([O-])[O-]. The van der Waals surface area contributed by atoms with Gasteiger partial charge in [-0.05, 0) is 63.7 Å². The standard InChI is InChI=1S/C32H23ClNS.ClHO4/c1-34-29-14-8-9-15-30(29)35-32(34)31-27(23-10-4-2-5-11-23)20-25(22-16-18-26(33)19-17-22)21-28(31)24-12-6-3-7-13-24;2-1(3,4)5/h2-21H,1H3;(H,2,3,4,5)/q+1;/p-1. The van der Waals surface area contributed by atoms with E-state index < -0.39 is 10.2 Å². The Morgan fingerprint density at radius 2 is 1.07 bits per heavy atom. The van der Waals surface area contributed by atoms with E-state index in [9.17, 15) is 0 Å². The van der Waals surface area contributed by atoms with Gasteiger partial charge in [0.05, 0.1) is 5.56 Å². The number of halogens is 2. The minimum absolute atomic E-state index is 0.745. The Morgan fingerprint density at radius 1 is 0.600 bits per heavy atom. The van der Waals surface area contributed by atoms with Crippen LogP contribution < -0.4 is 23.2 Å². The lowest BCUT2D eigenvalue weighted by atomic mass is 9.88. The first-order valence-electron chi connectivity index (χ1n) is 12.2. The number of hydrogen-bond acceptors (Lipinski definition) is 5. The minimum atomic E-state index is -4.94. The number of benzene rings is 5. The van der Waals surface area contributed by atoms with Crippen LogP contribution in [0.15, 0.2) is 121 Å². The monoisotopic (exact) mass is 587 g/mol. The van der Waals surface area contributed by atoms with Gasteiger partial charge in [0, 0.05) is 11.1 Å². The molecule has 1 aromatic heterocycles. The van der Waals surface area contributed by atoms with Crippen molar-refractivity contribution in [3.8, 4) is 44.0 Å². The Labute approximate surface area is 243 Å². The summed E-state index contributed by atoms with van der Waals surface area (Å²) in [6.45, 7) is 0. The molecule has 6 aromatic rings. The van der Waals surface area contributed by atoms with Gasteiger partial charge in [0.25, 0.3) is 5.01 Å². The third-order valence-electron chi connectivity index (χ3n) is 6.44. The number of nitrogens with zero attached hydrogens (tertiary/aromatic N) is 1. The molecule has 0 radical (unpaired) electrons. The van der Waals surface area contributed by atoms with Crippen molar-refractivity contribution in [3.63, 3.8) is 0 Å². The van der Waals surface area contributed by atoms with Gasteiger partial charge in [-0.1, -0.05) is 108 Å². The van der Waals surface area contributed by atoms with Crippen molar-refractivity contribution in [1.82, 2.24) is 0 Å². The predicted molar refractivity (Wildman–Crippen MR) is 150 cm³/mol. The molecule has 0 amide bonds. The van der Waals surface area contributed by atoms with E-state index >= 15 is 0 Å². The molecule has 0 atom stereocenters. The number of aryl methyl sites for hydroxylation is 1. The van der Waals surface area contributed by atoms with E-state index in [0.29, 0.717) is 0 Å². The Balaban J connectivity index is 0.000000595. The number of aromatic nitrogens is 1. The maximum Gasteiger partial charge on any atom is 0.271 e. The number of rotatable bonds is 4. The second-order valence-electron chi connectivity index (χ2n) is 9.00. The van der Waals surface area contributed by atoms with Crippen molar-refractivity contribution in [3.05, 3.63) is 126 Å². The van der Waals surface area contributed by atoms with Crippen LogP contribution in [0, 0.1) is 10.2 Å². The number of fused-ring (bicyclic) bond motifs is 1. The van der Waals surface area contributed by atoms with Crippen LogP contribution in [0.1, 0.15) is 0 Å². The highest BCUT2D eigenvalue weighted by molar-refractivity contribution is 7.21. The number of hydrogen-bond donors (Lipinski definition) is 0. The molecule has 0 unspecified atom stereocenters. The third-order valence-corrected chi connectivity index (χ3v) is 7.93. The zero-order valence-corrected chi connectivity index (χ0v) is 23.6. The zero-order valence-electron chi connectivity index (χ0n) is 21.3. The number of thiazole rings is 1. The molecule has 0 spiro atoms. The second-order valence-corrected chi connectivity index (χ2v) is 11.2. The number of para-hydroxylation sites is 1. The molecule has 0 N–H and O–H groups in total. The molecule has 0 bridgehead atoms. The van der Waals surface area contributed by atoms with Crippen LogP contribution in [0.2, 0.25) is 5.02 Å². The molecule has 1 heterocycles. The maximum atomic E-state index is 8.49. The van der Waals surface area contributed by atoms with Gasteiger partial charge in [-0.25, -0.2) is 18.6 Å². The van der Waals surface area contributed by atoms with Crippen LogP contribution in [0.4, 0.5) is 0 Å². The summed E-state index contributed by atoms with van der Waals surface area (Å²) in [5.41, 5.74) is 9.66. The lowest BCUT2D eigenvalue weighted by Gasteiger charge is -2.17. The molecule has 200 valence electrons. The Bertz CT molecular complexity index is 1680. The molecule has 5 aromatic carbocycles. The molecule has 6 rings (SSSR count). The first-order chi connectivity index (χ1) is 19.2. The van der Waals surface area contributed by atoms with Crippen LogP contribution in [0.25, 0.3) is 54.2 Å². The van der Waals surface area contributed by atoms with E-state index in [2.05, 4.69) is 121 Å². The van der Waals surface area contributed by atoms with Crippen LogP contribution >= 0.6 is 22.9 Å². The van der Waals surface area contributed by atoms with E-state index in [1.54, 1.807) is 0 Å². The summed E-state index contributed by atoms with van der Waals surface area (Å²) >= 11 is 8.06. The first kappa shape index (κ1) is 28.0. The normalized spacial score (nSPS) is 11.2. The van der Waals surface area contributed by atoms with Gasteiger partial charge >= 0.3 is 0 Å². The predicted octanol–water partition coefficient (Wildman–Crippen LogP) is 4.29. The van der Waals surface area contributed by atoms with E-state index in [1.165, 1.54) is 48.6 Å². The molecular weight excluding hydrogens is 565 g/mol. The first-order valence-corrected chi connectivity index (χ1v) is 14.7. The molecule has 0 aliphatic carbocycles. The summed E-state index contributed by atoms with van der Waals surface area (Å²) in [4.78, 5) is 0. The molecule has 0 saturated heterocycles. The van der Waals surface area contributed by atoms with Crippen molar-refractivity contribution < 1.29 is 33.4 Å². The quantitative estimate of drug-likeness (QED) is 0.287. The average molecular weight is 589 g/mol. The van der Waals surface area contributed by atoms with Gasteiger partial charge in [0.2, 0.25) is 5.52 Å². The highest BCUT2D eigenvalue weighted by Crippen LogP contribution is 2.44. The van der Waals surface area contributed by atoms with Crippen molar-refractivity contribution >= 4 is 33.2 Å². The second kappa shape index (κ2) is 11.9. The highest BCUT2D eigenvalue weighted by Gasteiger charge is 2.26. The van der Waals surface area contributed by atoms with Crippen LogP contribution in [-0.2, 0) is 7.05 Å². The summed E-state index contributed by atoms with van der Waals surface area (Å²) in [5, 5.41) is 1.99. The van der Waals surface area contributed by atoms with Gasteiger partial charge in [0.1, 0.15) is 11.7 Å². The van der Waals surface area contributed by atoms with E-state index in [1.807, 2.05) is 23.5 Å². The van der Waals surface area contributed by atoms with E-state index in [-0.39, 0.29) is 0 Å². The minimum Gasteiger partial charge on any atom is -0.222 e. The van der Waals surface area contributed by atoms with Crippen LogP contribution in [0.3, 0.4) is 0 Å². The summed E-state index contributed by atoms with van der Waals surface area (Å²) < 4.78 is 37.6. The Hall–Kier alpha value is -3.59. The molecule has 0 fully saturated rings. The molecule has 0 aliphatic heterocycles. The average Bonchev–Trinajstić information content (AvgIpc) is 3.29. The van der Waals surface area contributed by atoms with E-state index in [0.717, 1.165) is 10.6 Å². The van der Waals surface area contributed by atoms with Crippen molar-refractivity contribution in [2.75, 3.05) is 0 Å². The van der Waals surface area contributed by atoms with Crippen molar-refractivity contribution in [1.29, 1.82) is 0 Å². The van der Waals surface area contributed by atoms with Gasteiger partial charge in [-0.3, -0.25) is 0 Å². The summed E-state index contributed by atoms with van der Waals surface area (Å²) in [6.07, 6.45) is 0. The lowest BCUT2D eigenvalue weighted by Crippen LogP contribution is -2.68. The van der Waals surface area contributed by atoms with Gasteiger partial charge in [-0.2, -0.15) is 4.57 Å². The fraction of sp³-hybridized carbons (Fsp3) is 0.0312. The van der Waals surface area contributed by atoms with Crippen molar-refractivity contribution in [2.24, 2.45) is 7.05 Å². The van der Waals surface area contributed by atoms with Crippen LogP contribution in [-0.4, -0.2) is 0 Å². The smallest absolute Gasteiger partial charge is 0.222 e. The largest absolute Gasteiger partial charge is 0.271 e. The molecular formula is C32H23Cl2NO4S. The van der Waals surface area contributed by atoms with E-state index in [4.69, 9.17) is 30.2 Å². The molecule has 5 nitrogen and oxygen atoms in total. The maximum absolute atomic E-state index is 8.49. The summed E-state index contributed by atoms with van der Waals surface area (Å²) in [7, 11) is -2.77.